The predicted octanol–water partition coefficient (Wildman–Crippen LogP) is 8.32. The smallest absolute Gasteiger partial charge is 0.273 e. The highest BCUT2D eigenvalue weighted by atomic mass is 16.4. The number of benzene rings is 4. The number of hydrogen-bond acceptors (Lipinski definition) is 4. The van der Waals surface area contributed by atoms with Crippen LogP contribution in [0.2, 0.25) is 0 Å². The summed E-state index contributed by atoms with van der Waals surface area (Å²) >= 11 is 0. The maximum Gasteiger partial charge on any atom is 0.273 e. The van der Waals surface area contributed by atoms with E-state index in [-0.39, 0.29) is 17.2 Å². The number of oxazole rings is 1. The molecular weight excluding hydrogens is 518 g/mol. The van der Waals surface area contributed by atoms with Crippen molar-refractivity contribution in [2.75, 3.05) is 25.5 Å². The van der Waals surface area contributed by atoms with Crippen LogP contribution in [0, 0.1) is 0 Å². The van der Waals surface area contributed by atoms with Gasteiger partial charge in [0.25, 0.3) is 5.91 Å². The van der Waals surface area contributed by atoms with Crippen molar-refractivity contribution in [3.63, 3.8) is 0 Å². The summed E-state index contributed by atoms with van der Waals surface area (Å²) in [6.45, 7) is 7.05. The van der Waals surface area contributed by atoms with Crippen molar-refractivity contribution < 1.29 is 9.21 Å². The number of nitrogens with one attached hydrogen (secondary N) is 1. The average Bonchev–Trinajstić information content (AvgIpc) is 3.46. The fraction of sp³-hybridized carbons (Fsp3) is 0.243. The topological polar surface area (TPSA) is 58.4 Å². The third kappa shape index (κ3) is 6.63. The van der Waals surface area contributed by atoms with Gasteiger partial charge in [0.15, 0.2) is 11.5 Å². The van der Waals surface area contributed by atoms with Gasteiger partial charge in [-0.1, -0.05) is 93.6 Å². The first-order valence-electron chi connectivity index (χ1n) is 14.5. The van der Waals surface area contributed by atoms with Gasteiger partial charge in [-0.15, -0.1) is 0 Å². The van der Waals surface area contributed by atoms with E-state index in [0.29, 0.717) is 23.9 Å². The number of hydrogen-bond donors (Lipinski definition) is 1. The summed E-state index contributed by atoms with van der Waals surface area (Å²) in [5.41, 5.74) is 6.71. The largest absolute Gasteiger partial charge is 0.435 e. The van der Waals surface area contributed by atoms with Crippen molar-refractivity contribution >= 4 is 11.6 Å². The molecule has 0 unspecified atom stereocenters. The highest BCUT2D eigenvalue weighted by molar-refractivity contribution is 5.98. The molecule has 5 nitrogen and oxygen atoms in total. The van der Waals surface area contributed by atoms with E-state index >= 15 is 0 Å². The molecule has 42 heavy (non-hydrogen) atoms. The van der Waals surface area contributed by atoms with Gasteiger partial charge in [0, 0.05) is 43.4 Å². The first-order chi connectivity index (χ1) is 20.2. The Labute approximate surface area is 249 Å². The number of rotatable bonds is 9. The van der Waals surface area contributed by atoms with Crippen LogP contribution in [-0.4, -0.2) is 31.5 Å². The summed E-state index contributed by atoms with van der Waals surface area (Å²) in [5, 5.41) is 3.13. The molecule has 0 saturated carbocycles. The standard InChI is InChI=1S/C37H39N3O2/c1-37(2,3)30-20-16-29(17-21-30)36-39-33(34(42-36)28-18-22-31(23-19-28)40(4)5)35(41)38-25-24-32(26-12-8-6-9-13-26)27-14-10-7-11-15-27/h6-23,32H,24-25H2,1-5H3,(H,38,41). The maximum absolute atomic E-state index is 13.7. The van der Waals surface area contributed by atoms with Crippen LogP contribution in [0.15, 0.2) is 114 Å². The fourth-order valence-corrected chi connectivity index (χ4v) is 5.13. The van der Waals surface area contributed by atoms with Crippen molar-refractivity contribution in [2.24, 2.45) is 0 Å². The Morgan fingerprint density at radius 3 is 1.86 bits per heavy atom. The summed E-state index contributed by atoms with van der Waals surface area (Å²) < 4.78 is 6.31. The first kappa shape index (κ1) is 28.9. The van der Waals surface area contributed by atoms with Crippen LogP contribution < -0.4 is 10.2 Å². The molecule has 5 heteroatoms. The molecule has 0 aliphatic carbocycles. The quantitative estimate of drug-likeness (QED) is 0.198. The summed E-state index contributed by atoms with van der Waals surface area (Å²) in [7, 11) is 4.00. The van der Waals surface area contributed by atoms with Gasteiger partial charge in [0.1, 0.15) is 0 Å². The molecule has 0 fully saturated rings. The van der Waals surface area contributed by atoms with E-state index in [1.165, 1.54) is 16.7 Å². The SMILES string of the molecule is CN(C)c1ccc(-c2oc(-c3ccc(C(C)(C)C)cc3)nc2C(=O)NCCC(c2ccccc2)c2ccccc2)cc1. The van der Waals surface area contributed by atoms with E-state index in [4.69, 9.17) is 9.40 Å². The second-order valence-electron chi connectivity index (χ2n) is 11.9. The normalized spacial score (nSPS) is 11.5. The van der Waals surface area contributed by atoms with E-state index in [9.17, 15) is 4.79 Å². The van der Waals surface area contributed by atoms with Crippen molar-refractivity contribution in [3.8, 4) is 22.8 Å². The molecule has 4 aromatic carbocycles. The maximum atomic E-state index is 13.7. The Balaban J connectivity index is 1.42. The highest BCUT2D eigenvalue weighted by Crippen LogP contribution is 2.33. The zero-order valence-electron chi connectivity index (χ0n) is 25.1. The van der Waals surface area contributed by atoms with E-state index in [1.807, 2.05) is 67.5 Å². The van der Waals surface area contributed by atoms with Crippen LogP contribution >= 0.6 is 0 Å². The Hall–Kier alpha value is -4.64. The summed E-state index contributed by atoms with van der Waals surface area (Å²) in [4.78, 5) is 20.4. The lowest BCUT2D eigenvalue weighted by Crippen LogP contribution is -2.26. The van der Waals surface area contributed by atoms with Gasteiger partial charge < -0.3 is 14.6 Å². The third-order valence-corrected chi connectivity index (χ3v) is 7.61. The molecule has 1 N–H and O–H groups in total. The Kier molecular flexibility index (Phi) is 8.58. The van der Waals surface area contributed by atoms with Gasteiger partial charge in [-0.25, -0.2) is 4.98 Å². The molecule has 0 spiro atoms. The van der Waals surface area contributed by atoms with Gasteiger partial charge in [0.2, 0.25) is 5.89 Å². The monoisotopic (exact) mass is 557 g/mol. The number of carbonyl (C=O) groups excluding carboxylic acids is 1. The van der Waals surface area contributed by atoms with Crippen molar-refractivity contribution in [3.05, 3.63) is 132 Å². The zero-order chi connectivity index (χ0) is 29.7. The van der Waals surface area contributed by atoms with Crippen LogP contribution in [0.5, 0.6) is 0 Å². The highest BCUT2D eigenvalue weighted by Gasteiger charge is 2.24. The lowest BCUT2D eigenvalue weighted by Gasteiger charge is -2.18. The molecule has 0 aliphatic rings. The number of aromatic nitrogens is 1. The second-order valence-corrected chi connectivity index (χ2v) is 11.9. The molecule has 5 aromatic rings. The number of amides is 1. The molecule has 1 heterocycles. The predicted molar refractivity (Wildman–Crippen MR) is 172 cm³/mol. The minimum absolute atomic E-state index is 0.0386. The average molecular weight is 558 g/mol. The number of anilines is 1. The Morgan fingerprint density at radius 2 is 1.33 bits per heavy atom. The summed E-state index contributed by atoms with van der Waals surface area (Å²) in [5.74, 6) is 0.817. The van der Waals surface area contributed by atoms with E-state index in [1.54, 1.807) is 0 Å². The zero-order valence-corrected chi connectivity index (χ0v) is 25.1. The van der Waals surface area contributed by atoms with Crippen LogP contribution in [-0.2, 0) is 5.41 Å². The number of carbonyl (C=O) groups is 1. The molecule has 0 atom stereocenters. The van der Waals surface area contributed by atoms with E-state index in [2.05, 4.69) is 86.8 Å². The number of nitrogens with zero attached hydrogens (tertiary/aromatic N) is 2. The molecule has 0 bridgehead atoms. The molecule has 0 radical (unpaired) electrons. The summed E-state index contributed by atoms with van der Waals surface area (Å²) in [6.07, 6.45) is 0.756. The van der Waals surface area contributed by atoms with Crippen molar-refractivity contribution in [1.82, 2.24) is 10.3 Å². The second kappa shape index (κ2) is 12.5. The van der Waals surface area contributed by atoms with Crippen molar-refractivity contribution in [2.45, 2.75) is 38.5 Å². The fourth-order valence-electron chi connectivity index (χ4n) is 5.13. The van der Waals surface area contributed by atoms with Gasteiger partial charge in [0.05, 0.1) is 0 Å². The molecule has 214 valence electrons. The van der Waals surface area contributed by atoms with Crippen LogP contribution in [0.4, 0.5) is 5.69 Å². The Morgan fingerprint density at radius 1 is 0.786 bits per heavy atom. The van der Waals surface area contributed by atoms with Gasteiger partial charge in [-0.2, -0.15) is 0 Å². The van der Waals surface area contributed by atoms with Gasteiger partial charge in [-0.3, -0.25) is 4.79 Å². The van der Waals surface area contributed by atoms with E-state index in [0.717, 1.165) is 23.2 Å². The Bertz CT molecular complexity index is 1560. The summed E-state index contributed by atoms with van der Waals surface area (Å²) in [6, 6.07) is 37.0. The van der Waals surface area contributed by atoms with Gasteiger partial charge in [-0.05, 0) is 64.9 Å². The lowest BCUT2D eigenvalue weighted by molar-refractivity contribution is 0.0948. The molecule has 1 amide bonds. The van der Waals surface area contributed by atoms with Crippen molar-refractivity contribution in [1.29, 1.82) is 0 Å². The van der Waals surface area contributed by atoms with Gasteiger partial charge >= 0.3 is 0 Å². The van der Waals surface area contributed by atoms with Crippen LogP contribution in [0.3, 0.4) is 0 Å². The molecule has 5 rings (SSSR count). The molecule has 0 aliphatic heterocycles. The van der Waals surface area contributed by atoms with Crippen LogP contribution in [0.1, 0.15) is 60.3 Å². The third-order valence-electron chi connectivity index (χ3n) is 7.61. The molecular formula is C37H39N3O2. The molecule has 0 saturated heterocycles. The minimum Gasteiger partial charge on any atom is -0.435 e. The molecule has 1 aromatic heterocycles. The van der Waals surface area contributed by atoms with Crippen LogP contribution in [0.25, 0.3) is 22.8 Å². The van der Waals surface area contributed by atoms with E-state index < -0.39 is 0 Å². The minimum atomic E-state index is -0.247. The first-order valence-corrected chi connectivity index (χ1v) is 14.5. The lowest BCUT2D eigenvalue weighted by atomic mass is 9.87.